The highest BCUT2D eigenvalue weighted by Crippen LogP contribution is 2.24. The molecule has 29 heavy (non-hydrogen) atoms. The van der Waals surface area contributed by atoms with Gasteiger partial charge in [0.2, 0.25) is 11.8 Å². The molecule has 8 heteroatoms. The van der Waals surface area contributed by atoms with Gasteiger partial charge in [0.25, 0.3) is 0 Å². The number of rotatable bonds is 8. The zero-order chi connectivity index (χ0) is 20.8. The number of anilines is 1. The second-order valence-corrected chi connectivity index (χ2v) is 8.80. The summed E-state index contributed by atoms with van der Waals surface area (Å²) in [6, 6.07) is 7.98. The Morgan fingerprint density at radius 2 is 2.03 bits per heavy atom. The predicted molar refractivity (Wildman–Crippen MR) is 115 cm³/mol. The van der Waals surface area contributed by atoms with E-state index in [1.807, 2.05) is 49.6 Å². The fourth-order valence-electron chi connectivity index (χ4n) is 3.53. The molecule has 1 aliphatic carbocycles. The Bertz CT molecular complexity index is 861. The van der Waals surface area contributed by atoms with Crippen LogP contribution in [0.25, 0.3) is 0 Å². The van der Waals surface area contributed by atoms with Crippen molar-refractivity contribution in [3.63, 3.8) is 0 Å². The first-order valence-electron chi connectivity index (χ1n) is 10.2. The highest BCUT2D eigenvalue weighted by atomic mass is 32.2. The summed E-state index contributed by atoms with van der Waals surface area (Å²) in [5, 5.41) is 14.9. The minimum Gasteiger partial charge on any atom is -0.352 e. The van der Waals surface area contributed by atoms with E-state index in [1.54, 1.807) is 0 Å². The normalized spacial score (nSPS) is 15.3. The van der Waals surface area contributed by atoms with Crippen LogP contribution < -0.4 is 10.6 Å². The molecule has 0 saturated heterocycles. The van der Waals surface area contributed by atoms with Gasteiger partial charge in [-0.3, -0.25) is 9.59 Å². The van der Waals surface area contributed by atoms with E-state index < -0.39 is 0 Å². The molecule has 7 nitrogen and oxygen atoms in total. The molecule has 1 aromatic heterocycles. The smallest absolute Gasteiger partial charge is 0.233 e. The second-order valence-electron chi connectivity index (χ2n) is 7.49. The molecule has 1 fully saturated rings. The summed E-state index contributed by atoms with van der Waals surface area (Å²) in [4.78, 5) is 24.9. The van der Waals surface area contributed by atoms with E-state index in [2.05, 4.69) is 20.8 Å². The van der Waals surface area contributed by atoms with Crippen LogP contribution in [0.3, 0.4) is 0 Å². The summed E-state index contributed by atoms with van der Waals surface area (Å²) >= 11 is 1.39. The van der Waals surface area contributed by atoms with Gasteiger partial charge in [-0.15, -0.1) is 10.2 Å². The SMILES string of the molecule is CCn1c(CC(=O)Nc2cccc(C)c2)nnc1SC(C)C(=O)NC1CCCC1. The molecule has 3 rings (SSSR count). The number of thioether (sulfide) groups is 1. The summed E-state index contributed by atoms with van der Waals surface area (Å²) in [6.07, 6.45) is 4.64. The lowest BCUT2D eigenvalue weighted by Gasteiger charge is -2.16. The molecule has 0 spiro atoms. The third-order valence-corrected chi connectivity index (χ3v) is 6.16. The summed E-state index contributed by atoms with van der Waals surface area (Å²) in [5.74, 6) is 0.496. The summed E-state index contributed by atoms with van der Waals surface area (Å²) < 4.78 is 1.90. The van der Waals surface area contributed by atoms with E-state index in [1.165, 1.54) is 24.6 Å². The fraction of sp³-hybridized carbons (Fsp3) is 0.524. The topological polar surface area (TPSA) is 88.9 Å². The summed E-state index contributed by atoms with van der Waals surface area (Å²) in [6.45, 7) is 6.49. The quantitative estimate of drug-likeness (QED) is 0.646. The molecule has 1 aromatic carbocycles. The Hall–Kier alpha value is -2.35. The Kier molecular flexibility index (Phi) is 7.30. The van der Waals surface area contributed by atoms with Crippen LogP contribution in [0.5, 0.6) is 0 Å². The predicted octanol–water partition coefficient (Wildman–Crippen LogP) is 3.33. The van der Waals surface area contributed by atoms with Crippen molar-refractivity contribution in [3.8, 4) is 0 Å². The highest BCUT2D eigenvalue weighted by molar-refractivity contribution is 8.00. The average molecular weight is 416 g/mol. The van der Waals surface area contributed by atoms with Gasteiger partial charge in [-0.05, 0) is 51.3 Å². The molecule has 2 aromatic rings. The number of aryl methyl sites for hydroxylation is 1. The van der Waals surface area contributed by atoms with Gasteiger partial charge < -0.3 is 15.2 Å². The van der Waals surface area contributed by atoms with E-state index >= 15 is 0 Å². The number of nitrogens with one attached hydrogen (secondary N) is 2. The van der Waals surface area contributed by atoms with Crippen LogP contribution in [0.2, 0.25) is 0 Å². The lowest BCUT2D eigenvalue weighted by molar-refractivity contribution is -0.121. The van der Waals surface area contributed by atoms with E-state index in [0.717, 1.165) is 24.1 Å². The molecular weight excluding hydrogens is 386 g/mol. The number of amides is 2. The van der Waals surface area contributed by atoms with Gasteiger partial charge in [0, 0.05) is 18.3 Å². The van der Waals surface area contributed by atoms with Crippen LogP contribution >= 0.6 is 11.8 Å². The van der Waals surface area contributed by atoms with Gasteiger partial charge in [0.15, 0.2) is 5.16 Å². The van der Waals surface area contributed by atoms with Crippen LogP contribution in [-0.2, 0) is 22.6 Å². The standard InChI is InChI=1S/C21H29N5O2S/c1-4-26-18(13-19(27)22-17-11-7-8-14(2)12-17)24-25-21(26)29-15(3)20(28)23-16-9-5-6-10-16/h7-8,11-12,15-16H,4-6,9-10,13H2,1-3H3,(H,22,27)(H,23,28). The zero-order valence-electron chi connectivity index (χ0n) is 17.3. The van der Waals surface area contributed by atoms with E-state index in [9.17, 15) is 9.59 Å². The molecule has 156 valence electrons. The van der Waals surface area contributed by atoms with Crippen molar-refractivity contribution in [3.05, 3.63) is 35.7 Å². The molecule has 1 saturated carbocycles. The number of carbonyl (C=O) groups is 2. The molecule has 0 bridgehead atoms. The molecular formula is C21H29N5O2S. The molecule has 0 aliphatic heterocycles. The third kappa shape index (κ3) is 5.82. The second kappa shape index (κ2) is 9.91. The monoisotopic (exact) mass is 415 g/mol. The molecule has 2 amide bonds. The van der Waals surface area contributed by atoms with E-state index in [4.69, 9.17) is 0 Å². The van der Waals surface area contributed by atoms with Crippen molar-refractivity contribution >= 4 is 29.3 Å². The molecule has 0 radical (unpaired) electrons. The van der Waals surface area contributed by atoms with E-state index in [0.29, 0.717) is 23.6 Å². The molecule has 2 N–H and O–H groups in total. The van der Waals surface area contributed by atoms with Crippen molar-refractivity contribution in [1.29, 1.82) is 0 Å². The summed E-state index contributed by atoms with van der Waals surface area (Å²) in [7, 11) is 0. The van der Waals surface area contributed by atoms with Gasteiger partial charge in [-0.1, -0.05) is 36.7 Å². The number of hydrogen-bond acceptors (Lipinski definition) is 5. The third-order valence-electron chi connectivity index (χ3n) is 5.08. The number of aromatic nitrogens is 3. The maximum absolute atomic E-state index is 12.5. The Morgan fingerprint density at radius 3 is 2.72 bits per heavy atom. The minimum absolute atomic E-state index is 0.0336. The van der Waals surface area contributed by atoms with Gasteiger partial charge in [0.05, 0.1) is 11.7 Å². The van der Waals surface area contributed by atoms with Crippen molar-refractivity contribution < 1.29 is 9.59 Å². The van der Waals surface area contributed by atoms with Crippen molar-refractivity contribution in [1.82, 2.24) is 20.1 Å². The number of hydrogen-bond donors (Lipinski definition) is 2. The maximum atomic E-state index is 12.5. The first-order chi connectivity index (χ1) is 14.0. The number of benzene rings is 1. The van der Waals surface area contributed by atoms with Crippen LogP contribution in [0.15, 0.2) is 29.4 Å². The first-order valence-corrected chi connectivity index (χ1v) is 11.1. The Morgan fingerprint density at radius 1 is 1.28 bits per heavy atom. The highest BCUT2D eigenvalue weighted by Gasteiger charge is 2.24. The lowest BCUT2D eigenvalue weighted by atomic mass is 10.2. The van der Waals surface area contributed by atoms with Gasteiger partial charge >= 0.3 is 0 Å². The number of carbonyl (C=O) groups excluding carboxylic acids is 2. The van der Waals surface area contributed by atoms with Crippen LogP contribution in [0.4, 0.5) is 5.69 Å². The Labute approximate surface area is 176 Å². The van der Waals surface area contributed by atoms with Crippen molar-refractivity contribution in [2.45, 2.75) is 75.9 Å². The molecule has 1 unspecified atom stereocenters. The van der Waals surface area contributed by atoms with Gasteiger partial charge in [-0.2, -0.15) is 0 Å². The van der Waals surface area contributed by atoms with E-state index in [-0.39, 0.29) is 23.5 Å². The fourth-order valence-corrected chi connectivity index (χ4v) is 4.47. The molecule has 1 atom stereocenters. The van der Waals surface area contributed by atoms with Crippen molar-refractivity contribution in [2.24, 2.45) is 0 Å². The summed E-state index contributed by atoms with van der Waals surface area (Å²) in [5.41, 5.74) is 1.85. The minimum atomic E-state index is -0.265. The Balaban J connectivity index is 1.60. The lowest BCUT2D eigenvalue weighted by Crippen LogP contribution is -2.37. The maximum Gasteiger partial charge on any atom is 0.233 e. The number of nitrogens with zero attached hydrogens (tertiary/aromatic N) is 3. The van der Waals surface area contributed by atoms with Crippen molar-refractivity contribution in [2.75, 3.05) is 5.32 Å². The average Bonchev–Trinajstić information content (AvgIpc) is 3.31. The zero-order valence-corrected chi connectivity index (χ0v) is 18.1. The van der Waals surface area contributed by atoms with Crippen LogP contribution in [0.1, 0.15) is 50.9 Å². The van der Waals surface area contributed by atoms with Crippen LogP contribution in [0, 0.1) is 6.92 Å². The molecule has 1 aliphatic rings. The first kappa shape index (κ1) is 21.4. The van der Waals surface area contributed by atoms with Gasteiger partial charge in [-0.25, -0.2) is 0 Å². The molecule has 1 heterocycles. The van der Waals surface area contributed by atoms with Crippen LogP contribution in [-0.4, -0.2) is 37.9 Å². The van der Waals surface area contributed by atoms with Gasteiger partial charge in [0.1, 0.15) is 5.82 Å². The largest absolute Gasteiger partial charge is 0.352 e.